The Hall–Kier alpha value is -1.51. The van der Waals surface area contributed by atoms with Crippen LogP contribution in [0.25, 0.3) is 0 Å². The van der Waals surface area contributed by atoms with E-state index in [0.29, 0.717) is 17.3 Å². The number of carbonyl (C=O) groups is 1. The van der Waals surface area contributed by atoms with Gasteiger partial charge in [0, 0.05) is 24.3 Å². The molecule has 0 unspecified atom stereocenters. The van der Waals surface area contributed by atoms with Crippen LogP contribution in [0.4, 0.5) is 5.69 Å². The summed E-state index contributed by atoms with van der Waals surface area (Å²) in [5, 5.41) is 0. The summed E-state index contributed by atoms with van der Waals surface area (Å²) in [6.45, 7) is 1.96. The van der Waals surface area contributed by atoms with Crippen LogP contribution in [0.1, 0.15) is 54.4 Å². The predicted molar refractivity (Wildman–Crippen MR) is 79.2 cm³/mol. The Labute approximate surface area is 115 Å². The summed E-state index contributed by atoms with van der Waals surface area (Å²) in [6.07, 6.45) is 7.33. The second-order valence-electron chi connectivity index (χ2n) is 5.63. The highest BCUT2D eigenvalue weighted by atomic mass is 16.2. The third-order valence-electron chi connectivity index (χ3n) is 4.22. The van der Waals surface area contributed by atoms with Crippen LogP contribution < -0.4 is 5.73 Å². The molecule has 1 aromatic carbocycles. The first-order chi connectivity index (χ1) is 9.09. The zero-order valence-corrected chi connectivity index (χ0v) is 12.0. The van der Waals surface area contributed by atoms with Crippen LogP contribution in [0.5, 0.6) is 0 Å². The van der Waals surface area contributed by atoms with Crippen LogP contribution in [-0.2, 0) is 0 Å². The Morgan fingerprint density at radius 2 is 1.84 bits per heavy atom. The zero-order valence-electron chi connectivity index (χ0n) is 12.0. The van der Waals surface area contributed by atoms with Gasteiger partial charge in [-0.15, -0.1) is 0 Å². The first kappa shape index (κ1) is 13.9. The summed E-state index contributed by atoms with van der Waals surface area (Å²) in [5.41, 5.74) is 8.31. The van der Waals surface area contributed by atoms with E-state index in [4.69, 9.17) is 5.73 Å². The highest BCUT2D eigenvalue weighted by Crippen LogP contribution is 2.23. The SMILES string of the molecule is Cc1ccc(C(=O)N(C)C2CCCCCC2)cc1N. The van der Waals surface area contributed by atoms with Gasteiger partial charge in [0.15, 0.2) is 0 Å². The smallest absolute Gasteiger partial charge is 0.253 e. The lowest BCUT2D eigenvalue weighted by atomic mass is 10.0. The summed E-state index contributed by atoms with van der Waals surface area (Å²) >= 11 is 0. The summed E-state index contributed by atoms with van der Waals surface area (Å²) in [4.78, 5) is 14.4. The highest BCUT2D eigenvalue weighted by molar-refractivity contribution is 5.95. The van der Waals surface area contributed by atoms with Crippen LogP contribution in [0.15, 0.2) is 18.2 Å². The maximum Gasteiger partial charge on any atom is 0.253 e. The normalized spacial score (nSPS) is 16.9. The number of aryl methyl sites for hydroxylation is 1. The molecule has 3 heteroatoms. The molecule has 1 aliphatic carbocycles. The van der Waals surface area contributed by atoms with E-state index < -0.39 is 0 Å². The van der Waals surface area contributed by atoms with E-state index in [-0.39, 0.29) is 5.91 Å². The molecule has 1 fully saturated rings. The quantitative estimate of drug-likeness (QED) is 0.654. The fourth-order valence-electron chi connectivity index (χ4n) is 2.79. The number of nitrogen functional groups attached to an aromatic ring is 1. The number of anilines is 1. The van der Waals surface area contributed by atoms with Crippen LogP contribution in [-0.4, -0.2) is 23.9 Å². The summed E-state index contributed by atoms with van der Waals surface area (Å²) in [5.74, 6) is 0.0959. The van der Waals surface area contributed by atoms with Crippen LogP contribution in [0.2, 0.25) is 0 Å². The van der Waals surface area contributed by atoms with Gasteiger partial charge in [-0.1, -0.05) is 31.7 Å². The molecule has 1 saturated carbocycles. The van der Waals surface area contributed by atoms with Crippen LogP contribution in [0, 0.1) is 6.92 Å². The average Bonchev–Trinajstić information content (AvgIpc) is 2.69. The number of hydrogen-bond donors (Lipinski definition) is 1. The Morgan fingerprint density at radius 3 is 2.42 bits per heavy atom. The maximum atomic E-state index is 12.5. The summed E-state index contributed by atoms with van der Waals surface area (Å²) in [7, 11) is 1.92. The Kier molecular flexibility index (Phi) is 4.46. The molecule has 1 aliphatic rings. The fraction of sp³-hybridized carbons (Fsp3) is 0.562. The van der Waals surface area contributed by atoms with Crippen molar-refractivity contribution < 1.29 is 4.79 Å². The van der Waals surface area contributed by atoms with Gasteiger partial charge in [-0.25, -0.2) is 0 Å². The van der Waals surface area contributed by atoms with Gasteiger partial charge in [-0.05, 0) is 37.5 Å². The molecule has 0 radical (unpaired) electrons. The molecule has 0 spiro atoms. The first-order valence-electron chi connectivity index (χ1n) is 7.23. The second-order valence-corrected chi connectivity index (χ2v) is 5.63. The number of hydrogen-bond acceptors (Lipinski definition) is 2. The molecule has 0 atom stereocenters. The van der Waals surface area contributed by atoms with Gasteiger partial charge in [0.2, 0.25) is 0 Å². The lowest BCUT2D eigenvalue weighted by Crippen LogP contribution is -2.36. The molecule has 3 nitrogen and oxygen atoms in total. The van der Waals surface area contributed by atoms with Crippen molar-refractivity contribution >= 4 is 11.6 Å². The van der Waals surface area contributed by atoms with Gasteiger partial charge < -0.3 is 10.6 Å². The number of amides is 1. The van der Waals surface area contributed by atoms with Crippen molar-refractivity contribution in [1.29, 1.82) is 0 Å². The highest BCUT2D eigenvalue weighted by Gasteiger charge is 2.22. The van der Waals surface area contributed by atoms with Gasteiger partial charge >= 0.3 is 0 Å². The second kappa shape index (κ2) is 6.09. The molecule has 0 saturated heterocycles. The average molecular weight is 260 g/mol. The Balaban J connectivity index is 2.10. The van der Waals surface area contributed by atoms with Crippen LogP contribution in [0.3, 0.4) is 0 Å². The van der Waals surface area contributed by atoms with E-state index in [9.17, 15) is 4.79 Å². The van der Waals surface area contributed by atoms with Gasteiger partial charge in [-0.2, -0.15) is 0 Å². The minimum absolute atomic E-state index is 0.0959. The van der Waals surface area contributed by atoms with E-state index in [1.165, 1.54) is 25.7 Å². The third kappa shape index (κ3) is 3.28. The Bertz CT molecular complexity index is 448. The molecule has 1 aromatic rings. The summed E-state index contributed by atoms with van der Waals surface area (Å²) in [6, 6.07) is 5.98. The topological polar surface area (TPSA) is 46.3 Å². The number of nitrogens with zero attached hydrogens (tertiary/aromatic N) is 1. The lowest BCUT2D eigenvalue weighted by molar-refractivity contribution is 0.0718. The standard InChI is InChI=1S/C16H24N2O/c1-12-9-10-13(11-15(12)17)16(19)18(2)14-7-5-3-4-6-8-14/h9-11,14H,3-8,17H2,1-2H3. The molecular formula is C16H24N2O. The molecular weight excluding hydrogens is 236 g/mol. The minimum Gasteiger partial charge on any atom is -0.398 e. The van der Waals surface area contributed by atoms with Crippen molar-refractivity contribution in [2.75, 3.05) is 12.8 Å². The Morgan fingerprint density at radius 1 is 1.21 bits per heavy atom. The van der Waals surface area contributed by atoms with Crippen molar-refractivity contribution in [2.45, 2.75) is 51.5 Å². The molecule has 0 aromatic heterocycles. The molecule has 2 N–H and O–H groups in total. The third-order valence-corrected chi connectivity index (χ3v) is 4.22. The minimum atomic E-state index is 0.0959. The molecule has 19 heavy (non-hydrogen) atoms. The number of rotatable bonds is 2. The van der Waals surface area contributed by atoms with Gasteiger partial charge in [0.25, 0.3) is 5.91 Å². The van der Waals surface area contributed by atoms with Crippen molar-refractivity contribution in [3.8, 4) is 0 Å². The molecule has 2 rings (SSSR count). The molecule has 1 amide bonds. The van der Waals surface area contributed by atoms with E-state index in [1.54, 1.807) is 6.07 Å². The molecule has 0 heterocycles. The summed E-state index contributed by atoms with van der Waals surface area (Å²) < 4.78 is 0. The van der Waals surface area contributed by atoms with E-state index in [0.717, 1.165) is 18.4 Å². The maximum absolute atomic E-state index is 12.5. The van der Waals surface area contributed by atoms with Crippen molar-refractivity contribution in [3.63, 3.8) is 0 Å². The van der Waals surface area contributed by atoms with Gasteiger partial charge in [0.05, 0.1) is 0 Å². The monoisotopic (exact) mass is 260 g/mol. The van der Waals surface area contributed by atoms with E-state index >= 15 is 0 Å². The van der Waals surface area contributed by atoms with Gasteiger partial charge in [0.1, 0.15) is 0 Å². The van der Waals surface area contributed by atoms with Gasteiger partial charge in [-0.3, -0.25) is 4.79 Å². The molecule has 0 bridgehead atoms. The van der Waals surface area contributed by atoms with E-state index in [2.05, 4.69) is 0 Å². The predicted octanol–water partition coefficient (Wildman–Crippen LogP) is 3.37. The van der Waals surface area contributed by atoms with Crippen molar-refractivity contribution in [3.05, 3.63) is 29.3 Å². The number of benzene rings is 1. The van der Waals surface area contributed by atoms with Crippen molar-refractivity contribution in [1.82, 2.24) is 4.90 Å². The van der Waals surface area contributed by atoms with Crippen LogP contribution >= 0.6 is 0 Å². The lowest BCUT2D eigenvalue weighted by Gasteiger charge is -2.27. The zero-order chi connectivity index (χ0) is 13.8. The van der Waals surface area contributed by atoms with E-state index in [1.807, 2.05) is 31.0 Å². The molecule has 104 valence electrons. The fourth-order valence-corrected chi connectivity index (χ4v) is 2.79. The number of nitrogens with two attached hydrogens (primary N) is 1. The number of carbonyl (C=O) groups excluding carboxylic acids is 1. The first-order valence-corrected chi connectivity index (χ1v) is 7.23. The van der Waals surface area contributed by atoms with Crippen molar-refractivity contribution in [2.24, 2.45) is 0 Å². The molecule has 0 aliphatic heterocycles. The largest absolute Gasteiger partial charge is 0.398 e.